The highest BCUT2D eigenvalue weighted by Gasteiger charge is 2.45. The Morgan fingerprint density at radius 1 is 1.53 bits per heavy atom. The van der Waals surface area contributed by atoms with E-state index in [1.54, 1.807) is 0 Å². The fraction of sp³-hybridized carbons (Fsp3) is 0.688. The van der Waals surface area contributed by atoms with Gasteiger partial charge in [0.05, 0.1) is 12.2 Å². The number of nitrogens with zero attached hydrogens (tertiary/aromatic N) is 2. The van der Waals surface area contributed by atoms with E-state index in [0.29, 0.717) is 0 Å². The van der Waals surface area contributed by atoms with Gasteiger partial charge in [0.15, 0.2) is 0 Å². The average Bonchev–Trinajstić information content (AvgIpc) is 2.99. The molecule has 2 aliphatic rings. The van der Waals surface area contributed by atoms with Crippen molar-refractivity contribution < 1.29 is 4.74 Å². The van der Waals surface area contributed by atoms with Crippen LogP contribution in [0.4, 0.5) is 0 Å². The van der Waals surface area contributed by atoms with Gasteiger partial charge in [0.1, 0.15) is 0 Å². The number of hydrogen-bond donors (Lipinski definition) is 0. The van der Waals surface area contributed by atoms with Crippen LogP contribution in [0.15, 0.2) is 24.5 Å². The second-order valence-electron chi connectivity index (χ2n) is 6.52. The van der Waals surface area contributed by atoms with Crippen LogP contribution in [0.25, 0.3) is 0 Å². The third kappa shape index (κ3) is 2.82. The van der Waals surface area contributed by atoms with E-state index >= 15 is 0 Å². The standard InChI is InChI=1S/C16H24N2O/c1-13(2)15-8-16(19-11-15)5-7-18(12-16)10-14-4-3-6-17-9-14/h3-4,6,9,13,15H,5,7-8,10-12H2,1-2H3. The van der Waals surface area contributed by atoms with E-state index in [0.717, 1.165) is 38.1 Å². The molecule has 1 aromatic heterocycles. The summed E-state index contributed by atoms with van der Waals surface area (Å²) < 4.78 is 6.19. The number of rotatable bonds is 3. The van der Waals surface area contributed by atoms with Gasteiger partial charge in [0.25, 0.3) is 0 Å². The number of likely N-dealkylation sites (tertiary alicyclic amines) is 1. The first-order valence-corrected chi connectivity index (χ1v) is 7.42. The first-order chi connectivity index (χ1) is 9.17. The summed E-state index contributed by atoms with van der Waals surface area (Å²) >= 11 is 0. The first kappa shape index (κ1) is 13.1. The second kappa shape index (κ2) is 5.22. The maximum absolute atomic E-state index is 6.19. The van der Waals surface area contributed by atoms with Gasteiger partial charge in [0, 0.05) is 32.0 Å². The van der Waals surface area contributed by atoms with E-state index in [-0.39, 0.29) is 5.60 Å². The van der Waals surface area contributed by atoms with Crippen LogP contribution < -0.4 is 0 Å². The molecule has 19 heavy (non-hydrogen) atoms. The first-order valence-electron chi connectivity index (χ1n) is 7.42. The molecular weight excluding hydrogens is 236 g/mol. The predicted molar refractivity (Wildman–Crippen MR) is 75.8 cm³/mol. The lowest BCUT2D eigenvalue weighted by Gasteiger charge is -2.24. The highest BCUT2D eigenvalue weighted by atomic mass is 16.5. The summed E-state index contributed by atoms with van der Waals surface area (Å²) in [6.07, 6.45) is 6.24. The molecule has 3 heteroatoms. The van der Waals surface area contributed by atoms with Crippen LogP contribution in [0, 0.1) is 11.8 Å². The summed E-state index contributed by atoms with van der Waals surface area (Å²) in [5.41, 5.74) is 1.45. The molecule has 3 heterocycles. The van der Waals surface area contributed by atoms with Crippen molar-refractivity contribution in [1.82, 2.24) is 9.88 Å². The topological polar surface area (TPSA) is 25.4 Å². The molecule has 2 fully saturated rings. The summed E-state index contributed by atoms with van der Waals surface area (Å²) in [4.78, 5) is 6.71. The maximum Gasteiger partial charge on any atom is 0.0824 e. The Bertz CT molecular complexity index is 420. The number of pyridine rings is 1. The van der Waals surface area contributed by atoms with Gasteiger partial charge in [-0.2, -0.15) is 0 Å². The van der Waals surface area contributed by atoms with Crippen molar-refractivity contribution in [1.29, 1.82) is 0 Å². The molecule has 2 aliphatic heterocycles. The van der Waals surface area contributed by atoms with Crippen LogP contribution in [0.3, 0.4) is 0 Å². The van der Waals surface area contributed by atoms with E-state index in [4.69, 9.17) is 4.74 Å². The lowest BCUT2D eigenvalue weighted by molar-refractivity contribution is 0.0106. The lowest BCUT2D eigenvalue weighted by Crippen LogP contribution is -2.32. The van der Waals surface area contributed by atoms with Crippen LogP contribution >= 0.6 is 0 Å². The fourth-order valence-corrected chi connectivity index (χ4v) is 3.40. The van der Waals surface area contributed by atoms with E-state index in [1.807, 2.05) is 18.5 Å². The highest BCUT2D eigenvalue weighted by molar-refractivity contribution is 5.09. The molecule has 3 nitrogen and oxygen atoms in total. The molecule has 2 saturated heterocycles. The Labute approximate surface area is 116 Å². The van der Waals surface area contributed by atoms with Gasteiger partial charge >= 0.3 is 0 Å². The van der Waals surface area contributed by atoms with Crippen LogP contribution in [0.5, 0.6) is 0 Å². The molecule has 104 valence electrons. The van der Waals surface area contributed by atoms with Gasteiger partial charge < -0.3 is 4.74 Å². The normalized spacial score (nSPS) is 31.6. The van der Waals surface area contributed by atoms with Crippen LogP contribution in [-0.2, 0) is 11.3 Å². The van der Waals surface area contributed by atoms with Gasteiger partial charge in [-0.15, -0.1) is 0 Å². The summed E-state index contributed by atoms with van der Waals surface area (Å²) in [6.45, 7) is 8.83. The quantitative estimate of drug-likeness (QED) is 0.835. The smallest absolute Gasteiger partial charge is 0.0824 e. The maximum atomic E-state index is 6.19. The Kier molecular flexibility index (Phi) is 3.59. The van der Waals surface area contributed by atoms with Gasteiger partial charge in [-0.3, -0.25) is 9.88 Å². The van der Waals surface area contributed by atoms with Crippen LogP contribution in [-0.4, -0.2) is 35.2 Å². The zero-order chi connectivity index (χ0) is 13.3. The van der Waals surface area contributed by atoms with Crippen molar-refractivity contribution in [2.75, 3.05) is 19.7 Å². The molecule has 0 saturated carbocycles. The summed E-state index contributed by atoms with van der Waals surface area (Å²) in [7, 11) is 0. The molecule has 0 amide bonds. The molecule has 3 rings (SSSR count). The van der Waals surface area contributed by atoms with Crippen molar-refractivity contribution in [3.8, 4) is 0 Å². The van der Waals surface area contributed by atoms with E-state index in [2.05, 4.69) is 29.8 Å². The molecule has 0 radical (unpaired) electrons. The van der Waals surface area contributed by atoms with Crippen molar-refractivity contribution in [2.24, 2.45) is 11.8 Å². The van der Waals surface area contributed by atoms with Crippen molar-refractivity contribution in [2.45, 2.75) is 38.8 Å². The molecule has 2 unspecified atom stereocenters. The predicted octanol–water partition coefficient (Wildman–Crippen LogP) is 2.72. The molecule has 0 aromatic carbocycles. The van der Waals surface area contributed by atoms with Gasteiger partial charge in [-0.1, -0.05) is 19.9 Å². The van der Waals surface area contributed by atoms with E-state index in [1.165, 1.54) is 18.4 Å². The van der Waals surface area contributed by atoms with E-state index in [9.17, 15) is 0 Å². The largest absolute Gasteiger partial charge is 0.373 e. The minimum atomic E-state index is 0.150. The minimum absolute atomic E-state index is 0.150. The molecule has 2 atom stereocenters. The molecular formula is C16H24N2O. The van der Waals surface area contributed by atoms with Gasteiger partial charge in [-0.25, -0.2) is 0 Å². The zero-order valence-corrected chi connectivity index (χ0v) is 12.0. The molecule has 1 spiro atoms. The SMILES string of the molecule is CC(C)C1COC2(CCN(Cc3cccnc3)C2)C1. The number of ether oxygens (including phenoxy) is 1. The van der Waals surface area contributed by atoms with E-state index < -0.39 is 0 Å². The summed E-state index contributed by atoms with van der Waals surface area (Å²) in [6, 6.07) is 4.17. The molecule has 1 aromatic rings. The highest BCUT2D eigenvalue weighted by Crippen LogP contribution is 2.40. The van der Waals surface area contributed by atoms with Crippen LogP contribution in [0.1, 0.15) is 32.3 Å². The van der Waals surface area contributed by atoms with Gasteiger partial charge in [0.2, 0.25) is 0 Å². The molecule has 0 bridgehead atoms. The minimum Gasteiger partial charge on any atom is -0.373 e. The number of hydrogen-bond acceptors (Lipinski definition) is 3. The Balaban J connectivity index is 1.59. The fourth-order valence-electron chi connectivity index (χ4n) is 3.40. The average molecular weight is 260 g/mol. The van der Waals surface area contributed by atoms with Crippen molar-refractivity contribution >= 4 is 0 Å². The summed E-state index contributed by atoms with van der Waals surface area (Å²) in [5.74, 6) is 1.49. The summed E-state index contributed by atoms with van der Waals surface area (Å²) in [5, 5.41) is 0. The third-order valence-corrected chi connectivity index (χ3v) is 4.70. The molecule has 0 N–H and O–H groups in total. The second-order valence-corrected chi connectivity index (χ2v) is 6.52. The Morgan fingerprint density at radius 3 is 3.11 bits per heavy atom. The zero-order valence-electron chi connectivity index (χ0n) is 12.0. The molecule has 0 aliphatic carbocycles. The van der Waals surface area contributed by atoms with Gasteiger partial charge in [-0.05, 0) is 36.3 Å². The third-order valence-electron chi connectivity index (χ3n) is 4.70. The van der Waals surface area contributed by atoms with Crippen molar-refractivity contribution in [3.05, 3.63) is 30.1 Å². The lowest BCUT2D eigenvalue weighted by atomic mass is 9.87. The Morgan fingerprint density at radius 2 is 2.42 bits per heavy atom. The van der Waals surface area contributed by atoms with Crippen LogP contribution in [0.2, 0.25) is 0 Å². The Hall–Kier alpha value is -0.930. The van der Waals surface area contributed by atoms with Crippen molar-refractivity contribution in [3.63, 3.8) is 0 Å². The monoisotopic (exact) mass is 260 g/mol. The number of aromatic nitrogens is 1.